The summed E-state index contributed by atoms with van der Waals surface area (Å²) in [5, 5.41) is 8.57. The van der Waals surface area contributed by atoms with E-state index in [1.54, 1.807) is 0 Å². The maximum absolute atomic E-state index is 10.4. The predicted molar refractivity (Wildman–Crippen MR) is 55.9 cm³/mol. The zero-order valence-electron chi connectivity index (χ0n) is 8.47. The van der Waals surface area contributed by atoms with Crippen LogP contribution in [0.15, 0.2) is 24.4 Å². The summed E-state index contributed by atoms with van der Waals surface area (Å²) in [6.45, 7) is 2.00. The first-order chi connectivity index (χ1) is 7.16. The molecule has 0 radical (unpaired) electrons. The second-order valence-corrected chi connectivity index (χ2v) is 3.52. The standard InChI is InChI=1S/C11H12N2O2/c1-8-3-2-4-10-12-9(7-13(8)10)5-6-11(14)15/h2-4,7H,5-6H2,1H3,(H,14,15). The number of carboxylic acids is 1. The van der Waals surface area contributed by atoms with E-state index in [1.165, 1.54) is 0 Å². The van der Waals surface area contributed by atoms with Gasteiger partial charge >= 0.3 is 5.97 Å². The van der Waals surface area contributed by atoms with Crippen molar-refractivity contribution >= 4 is 11.6 Å². The van der Waals surface area contributed by atoms with E-state index in [1.807, 2.05) is 35.7 Å². The molecule has 15 heavy (non-hydrogen) atoms. The fourth-order valence-electron chi connectivity index (χ4n) is 1.55. The summed E-state index contributed by atoms with van der Waals surface area (Å²) in [5.74, 6) is -0.788. The number of aryl methyl sites for hydroxylation is 2. The highest BCUT2D eigenvalue weighted by Gasteiger charge is 2.04. The molecule has 1 N–H and O–H groups in total. The first-order valence-electron chi connectivity index (χ1n) is 4.82. The quantitative estimate of drug-likeness (QED) is 0.827. The lowest BCUT2D eigenvalue weighted by Gasteiger charge is -1.95. The molecule has 0 aromatic carbocycles. The Kier molecular flexibility index (Phi) is 2.41. The maximum atomic E-state index is 10.4. The van der Waals surface area contributed by atoms with Crippen LogP contribution in [0.25, 0.3) is 5.65 Å². The minimum Gasteiger partial charge on any atom is -0.481 e. The molecule has 0 amide bonds. The summed E-state index contributed by atoms with van der Waals surface area (Å²) in [7, 11) is 0. The number of hydrogen-bond acceptors (Lipinski definition) is 2. The van der Waals surface area contributed by atoms with Gasteiger partial charge in [-0.25, -0.2) is 4.98 Å². The van der Waals surface area contributed by atoms with Gasteiger partial charge in [0.25, 0.3) is 0 Å². The highest BCUT2D eigenvalue weighted by Crippen LogP contribution is 2.09. The molecule has 0 fully saturated rings. The van der Waals surface area contributed by atoms with Gasteiger partial charge in [0.05, 0.1) is 12.1 Å². The van der Waals surface area contributed by atoms with Crippen molar-refractivity contribution in [1.82, 2.24) is 9.38 Å². The first kappa shape index (κ1) is 9.71. The van der Waals surface area contributed by atoms with Gasteiger partial charge < -0.3 is 9.51 Å². The predicted octanol–water partition coefficient (Wildman–Crippen LogP) is 1.66. The van der Waals surface area contributed by atoms with Crippen LogP contribution < -0.4 is 0 Å². The molecular formula is C11H12N2O2. The number of nitrogens with zero attached hydrogens (tertiary/aromatic N) is 2. The largest absolute Gasteiger partial charge is 0.481 e. The topological polar surface area (TPSA) is 54.6 Å². The van der Waals surface area contributed by atoms with E-state index in [0.29, 0.717) is 6.42 Å². The third-order valence-corrected chi connectivity index (χ3v) is 2.34. The Morgan fingerprint density at radius 3 is 3.00 bits per heavy atom. The first-order valence-corrected chi connectivity index (χ1v) is 4.82. The SMILES string of the molecule is Cc1cccc2nc(CCC(=O)O)cn12. The number of hydrogen-bond donors (Lipinski definition) is 1. The normalized spacial score (nSPS) is 10.7. The molecule has 0 saturated heterocycles. The Bertz CT molecular complexity index is 502. The number of pyridine rings is 1. The zero-order chi connectivity index (χ0) is 10.8. The van der Waals surface area contributed by atoms with Crippen molar-refractivity contribution in [3.8, 4) is 0 Å². The molecule has 0 atom stereocenters. The second kappa shape index (κ2) is 3.73. The van der Waals surface area contributed by atoms with Crippen LogP contribution in [0.3, 0.4) is 0 Å². The van der Waals surface area contributed by atoms with Crippen LogP contribution in [0, 0.1) is 6.92 Å². The van der Waals surface area contributed by atoms with Crippen LogP contribution >= 0.6 is 0 Å². The monoisotopic (exact) mass is 204 g/mol. The van der Waals surface area contributed by atoms with Gasteiger partial charge in [0.1, 0.15) is 5.65 Å². The van der Waals surface area contributed by atoms with Gasteiger partial charge in [0.15, 0.2) is 0 Å². The summed E-state index contributed by atoms with van der Waals surface area (Å²) in [5.41, 5.74) is 2.80. The van der Waals surface area contributed by atoms with Crippen molar-refractivity contribution in [2.75, 3.05) is 0 Å². The molecule has 4 heteroatoms. The van der Waals surface area contributed by atoms with E-state index in [-0.39, 0.29) is 6.42 Å². The Morgan fingerprint density at radius 2 is 2.33 bits per heavy atom. The summed E-state index contributed by atoms with van der Waals surface area (Å²) in [4.78, 5) is 14.8. The fourth-order valence-corrected chi connectivity index (χ4v) is 1.55. The highest BCUT2D eigenvalue weighted by molar-refractivity contribution is 5.67. The van der Waals surface area contributed by atoms with Gasteiger partial charge in [-0.3, -0.25) is 4.79 Å². The Balaban J connectivity index is 2.31. The van der Waals surface area contributed by atoms with Gasteiger partial charge in [-0.1, -0.05) is 6.07 Å². The molecule has 78 valence electrons. The number of aliphatic carboxylic acids is 1. The average molecular weight is 204 g/mol. The third kappa shape index (κ3) is 1.98. The fraction of sp³-hybridized carbons (Fsp3) is 0.273. The lowest BCUT2D eigenvalue weighted by atomic mass is 10.2. The molecule has 2 aromatic rings. The molecule has 0 aliphatic carbocycles. The molecule has 0 aliphatic heterocycles. The molecule has 0 saturated carbocycles. The highest BCUT2D eigenvalue weighted by atomic mass is 16.4. The number of rotatable bonds is 3. The minimum absolute atomic E-state index is 0.128. The van der Waals surface area contributed by atoms with Crippen LogP contribution in [0.2, 0.25) is 0 Å². The number of aromatic nitrogens is 2. The van der Waals surface area contributed by atoms with E-state index in [0.717, 1.165) is 17.0 Å². The number of fused-ring (bicyclic) bond motifs is 1. The van der Waals surface area contributed by atoms with E-state index < -0.39 is 5.97 Å². The average Bonchev–Trinajstić information content (AvgIpc) is 2.59. The Hall–Kier alpha value is -1.84. The van der Waals surface area contributed by atoms with Gasteiger partial charge in [-0.2, -0.15) is 0 Å². The smallest absolute Gasteiger partial charge is 0.303 e. The van der Waals surface area contributed by atoms with Gasteiger partial charge in [-0.05, 0) is 19.1 Å². The summed E-state index contributed by atoms with van der Waals surface area (Å²) in [6, 6.07) is 5.85. The summed E-state index contributed by atoms with van der Waals surface area (Å²) in [6.07, 6.45) is 2.51. The van der Waals surface area contributed by atoms with Crippen LogP contribution in [-0.4, -0.2) is 20.5 Å². The molecule has 2 heterocycles. The Labute approximate surface area is 87.2 Å². The van der Waals surface area contributed by atoms with E-state index in [9.17, 15) is 4.79 Å². The van der Waals surface area contributed by atoms with E-state index in [2.05, 4.69) is 4.98 Å². The third-order valence-electron chi connectivity index (χ3n) is 2.34. The summed E-state index contributed by atoms with van der Waals surface area (Å²) < 4.78 is 1.97. The number of imidazole rings is 1. The molecule has 2 aromatic heterocycles. The zero-order valence-corrected chi connectivity index (χ0v) is 8.47. The van der Waals surface area contributed by atoms with Gasteiger partial charge in [-0.15, -0.1) is 0 Å². The van der Waals surface area contributed by atoms with Crippen molar-refractivity contribution in [1.29, 1.82) is 0 Å². The van der Waals surface area contributed by atoms with Crippen molar-refractivity contribution in [3.05, 3.63) is 35.8 Å². The number of carboxylic acid groups (broad SMARTS) is 1. The van der Waals surface area contributed by atoms with E-state index in [4.69, 9.17) is 5.11 Å². The second-order valence-electron chi connectivity index (χ2n) is 3.52. The molecule has 0 spiro atoms. The molecule has 0 bridgehead atoms. The minimum atomic E-state index is -0.788. The number of carbonyl (C=O) groups is 1. The van der Waals surface area contributed by atoms with Crippen LogP contribution in [0.1, 0.15) is 17.8 Å². The van der Waals surface area contributed by atoms with Gasteiger partial charge in [0.2, 0.25) is 0 Å². The van der Waals surface area contributed by atoms with Gasteiger partial charge in [0, 0.05) is 18.3 Å². The molecular weight excluding hydrogens is 192 g/mol. The lowest BCUT2D eigenvalue weighted by molar-refractivity contribution is -0.136. The molecule has 2 rings (SSSR count). The molecule has 0 unspecified atom stereocenters. The summed E-state index contributed by atoms with van der Waals surface area (Å²) >= 11 is 0. The van der Waals surface area contributed by atoms with Crippen LogP contribution in [-0.2, 0) is 11.2 Å². The lowest BCUT2D eigenvalue weighted by Crippen LogP contribution is -1.97. The molecule has 4 nitrogen and oxygen atoms in total. The van der Waals surface area contributed by atoms with Crippen molar-refractivity contribution in [2.45, 2.75) is 19.8 Å². The van der Waals surface area contributed by atoms with Crippen LogP contribution in [0.4, 0.5) is 0 Å². The molecule has 0 aliphatic rings. The maximum Gasteiger partial charge on any atom is 0.303 e. The van der Waals surface area contributed by atoms with Crippen LogP contribution in [0.5, 0.6) is 0 Å². The van der Waals surface area contributed by atoms with Crippen molar-refractivity contribution in [3.63, 3.8) is 0 Å². The van der Waals surface area contributed by atoms with E-state index >= 15 is 0 Å². The van der Waals surface area contributed by atoms with Crippen molar-refractivity contribution in [2.24, 2.45) is 0 Å². The van der Waals surface area contributed by atoms with Crippen molar-refractivity contribution < 1.29 is 9.90 Å². The Morgan fingerprint density at radius 1 is 1.53 bits per heavy atom.